The van der Waals surface area contributed by atoms with Crippen LogP contribution >= 0.6 is 0 Å². The van der Waals surface area contributed by atoms with E-state index in [1.54, 1.807) is 0 Å². The molecule has 3 rings (SSSR count). The maximum Gasteiger partial charge on any atom is 0.230 e. The average molecular weight is 321 g/mol. The largest absolute Gasteiger partial charge is 0.308 e. The number of hydrogen-bond acceptors (Lipinski definition) is 2. The highest BCUT2D eigenvalue weighted by Gasteiger charge is 2.12. The van der Waals surface area contributed by atoms with Crippen LogP contribution in [0.15, 0.2) is 54.6 Å². The van der Waals surface area contributed by atoms with Gasteiger partial charge in [-0.15, -0.1) is 0 Å². The van der Waals surface area contributed by atoms with Gasteiger partial charge < -0.3 is 5.32 Å². The van der Waals surface area contributed by atoms with Gasteiger partial charge in [0.2, 0.25) is 5.91 Å². The van der Waals surface area contributed by atoms with E-state index in [9.17, 15) is 4.79 Å². The molecule has 3 aromatic rings. The Bertz CT molecular complexity index is 808. The Morgan fingerprint density at radius 2 is 1.79 bits per heavy atom. The van der Waals surface area contributed by atoms with Gasteiger partial charge in [-0.25, -0.2) is 0 Å². The molecule has 4 nitrogen and oxygen atoms in total. The molecule has 0 aliphatic rings. The Balaban J connectivity index is 1.77. The van der Waals surface area contributed by atoms with E-state index < -0.39 is 0 Å². The number of fused-ring (bicyclic) bond motifs is 1. The van der Waals surface area contributed by atoms with Gasteiger partial charge in [0.05, 0.1) is 11.9 Å². The lowest BCUT2D eigenvalue weighted by Gasteiger charge is -2.03. The Morgan fingerprint density at radius 3 is 2.58 bits per heavy atom. The number of benzene rings is 2. The van der Waals surface area contributed by atoms with Crippen LogP contribution in [0, 0.1) is 0 Å². The minimum absolute atomic E-state index is 0.0369. The Morgan fingerprint density at radius 1 is 1.04 bits per heavy atom. The molecule has 0 spiro atoms. The van der Waals surface area contributed by atoms with Gasteiger partial charge in [0, 0.05) is 11.9 Å². The number of rotatable bonds is 7. The number of amides is 1. The van der Waals surface area contributed by atoms with Gasteiger partial charge in [-0.3, -0.25) is 9.48 Å². The predicted molar refractivity (Wildman–Crippen MR) is 98.0 cm³/mol. The summed E-state index contributed by atoms with van der Waals surface area (Å²) in [6.07, 6.45) is 3.82. The Hall–Kier alpha value is -2.62. The molecule has 0 saturated carbocycles. The van der Waals surface area contributed by atoms with Crippen molar-refractivity contribution < 1.29 is 4.79 Å². The van der Waals surface area contributed by atoms with E-state index in [0.717, 1.165) is 29.4 Å². The van der Waals surface area contributed by atoms with E-state index in [1.807, 2.05) is 53.2 Å². The van der Waals surface area contributed by atoms with Crippen molar-refractivity contribution in [3.63, 3.8) is 0 Å². The van der Waals surface area contributed by atoms with Crippen molar-refractivity contribution in [1.82, 2.24) is 9.78 Å². The van der Waals surface area contributed by atoms with Crippen LogP contribution < -0.4 is 5.32 Å². The van der Waals surface area contributed by atoms with Gasteiger partial charge in [-0.05, 0) is 24.1 Å². The molecule has 24 heavy (non-hydrogen) atoms. The summed E-state index contributed by atoms with van der Waals surface area (Å²) in [5, 5.41) is 8.60. The molecule has 1 amide bonds. The minimum atomic E-state index is -0.0369. The monoisotopic (exact) mass is 321 g/mol. The van der Waals surface area contributed by atoms with Crippen molar-refractivity contribution in [2.24, 2.45) is 0 Å². The summed E-state index contributed by atoms with van der Waals surface area (Å²) in [4.78, 5) is 12.3. The second-order valence-electron chi connectivity index (χ2n) is 6.01. The number of anilines is 1. The molecule has 0 radical (unpaired) electrons. The fourth-order valence-corrected chi connectivity index (χ4v) is 2.86. The maximum absolute atomic E-state index is 12.3. The number of para-hydroxylation sites is 1. The first-order chi connectivity index (χ1) is 11.8. The number of hydrogen-bond donors (Lipinski definition) is 1. The molecule has 124 valence electrons. The third-order valence-corrected chi connectivity index (χ3v) is 4.10. The number of aromatic nitrogens is 2. The van der Waals surface area contributed by atoms with Gasteiger partial charge in [-0.1, -0.05) is 62.2 Å². The van der Waals surface area contributed by atoms with Crippen LogP contribution in [0.1, 0.15) is 31.7 Å². The van der Waals surface area contributed by atoms with Gasteiger partial charge >= 0.3 is 0 Å². The average Bonchev–Trinajstić information content (AvgIpc) is 2.94. The normalized spacial score (nSPS) is 10.9. The summed E-state index contributed by atoms with van der Waals surface area (Å²) < 4.78 is 2.00. The summed E-state index contributed by atoms with van der Waals surface area (Å²) in [5.74, 6) is 0.619. The van der Waals surface area contributed by atoms with Gasteiger partial charge in [-0.2, -0.15) is 5.10 Å². The molecular weight excluding hydrogens is 298 g/mol. The smallest absolute Gasteiger partial charge is 0.230 e. The lowest BCUT2D eigenvalue weighted by Crippen LogP contribution is -2.15. The molecule has 0 bridgehead atoms. The maximum atomic E-state index is 12.3. The summed E-state index contributed by atoms with van der Waals surface area (Å²) in [6.45, 7) is 3.07. The topological polar surface area (TPSA) is 46.9 Å². The van der Waals surface area contributed by atoms with Crippen LogP contribution in [-0.4, -0.2) is 15.7 Å². The molecule has 0 aliphatic carbocycles. The number of carbonyl (C=O) groups excluding carboxylic acids is 1. The lowest BCUT2D eigenvalue weighted by molar-refractivity contribution is -0.115. The van der Waals surface area contributed by atoms with Crippen molar-refractivity contribution in [3.8, 4) is 0 Å². The molecular formula is C20H23N3O. The van der Waals surface area contributed by atoms with Crippen LogP contribution in [0.25, 0.3) is 10.9 Å². The van der Waals surface area contributed by atoms with Crippen LogP contribution in [0.2, 0.25) is 0 Å². The first-order valence-electron chi connectivity index (χ1n) is 8.57. The number of carbonyl (C=O) groups is 1. The molecule has 0 fully saturated rings. The van der Waals surface area contributed by atoms with Gasteiger partial charge in [0.15, 0.2) is 5.82 Å². The standard InChI is InChI=1S/C20H23N3O/c1-2-3-9-14-23-18-13-8-7-12-17(18)20(22-23)21-19(24)15-16-10-5-4-6-11-16/h4-8,10-13H,2-3,9,14-15H2,1H3,(H,21,22,24). The molecule has 2 aromatic carbocycles. The SMILES string of the molecule is CCCCCn1nc(NC(=O)Cc2ccccc2)c2ccccc21. The van der Waals surface area contributed by atoms with E-state index in [-0.39, 0.29) is 5.91 Å². The molecule has 0 saturated heterocycles. The molecule has 0 aliphatic heterocycles. The summed E-state index contributed by atoms with van der Waals surface area (Å²) in [5.41, 5.74) is 2.07. The predicted octanol–water partition coefficient (Wildman–Crippen LogP) is 4.41. The van der Waals surface area contributed by atoms with E-state index >= 15 is 0 Å². The van der Waals surface area contributed by atoms with Crippen molar-refractivity contribution in [3.05, 3.63) is 60.2 Å². The molecule has 1 heterocycles. The van der Waals surface area contributed by atoms with Crippen LogP contribution in [0.3, 0.4) is 0 Å². The first kappa shape index (κ1) is 16.2. The summed E-state index contributed by atoms with van der Waals surface area (Å²) in [6, 6.07) is 17.8. The molecule has 1 aromatic heterocycles. The Labute approximate surface area is 142 Å². The fraction of sp³-hybridized carbons (Fsp3) is 0.300. The van der Waals surface area contributed by atoms with Crippen molar-refractivity contribution in [2.75, 3.05) is 5.32 Å². The third kappa shape index (κ3) is 3.82. The molecule has 0 unspecified atom stereocenters. The number of nitrogens with zero attached hydrogens (tertiary/aromatic N) is 2. The van der Waals surface area contributed by atoms with Crippen LogP contribution in [0.5, 0.6) is 0 Å². The number of nitrogens with one attached hydrogen (secondary N) is 1. The Kier molecular flexibility index (Phi) is 5.26. The highest BCUT2D eigenvalue weighted by molar-refractivity contribution is 6.00. The molecule has 0 atom stereocenters. The first-order valence-corrected chi connectivity index (χ1v) is 8.57. The second kappa shape index (κ2) is 7.77. The summed E-state index contributed by atoms with van der Waals surface area (Å²) in [7, 11) is 0. The van der Waals surface area contributed by atoms with E-state index in [0.29, 0.717) is 12.2 Å². The van der Waals surface area contributed by atoms with E-state index in [2.05, 4.69) is 23.4 Å². The van der Waals surface area contributed by atoms with Crippen molar-refractivity contribution in [2.45, 2.75) is 39.2 Å². The van der Waals surface area contributed by atoms with E-state index in [1.165, 1.54) is 12.8 Å². The van der Waals surface area contributed by atoms with Crippen LogP contribution in [0.4, 0.5) is 5.82 Å². The third-order valence-electron chi connectivity index (χ3n) is 4.10. The van der Waals surface area contributed by atoms with E-state index in [4.69, 9.17) is 0 Å². The molecule has 4 heteroatoms. The highest BCUT2D eigenvalue weighted by atomic mass is 16.1. The summed E-state index contributed by atoms with van der Waals surface area (Å²) >= 11 is 0. The van der Waals surface area contributed by atoms with Crippen LogP contribution in [-0.2, 0) is 17.8 Å². The quantitative estimate of drug-likeness (QED) is 0.655. The van der Waals surface area contributed by atoms with Crippen molar-refractivity contribution in [1.29, 1.82) is 0 Å². The van der Waals surface area contributed by atoms with Gasteiger partial charge in [0.1, 0.15) is 0 Å². The second-order valence-corrected chi connectivity index (χ2v) is 6.01. The zero-order valence-electron chi connectivity index (χ0n) is 14.0. The zero-order chi connectivity index (χ0) is 16.8. The molecule has 1 N–H and O–H groups in total. The lowest BCUT2D eigenvalue weighted by atomic mass is 10.1. The fourth-order valence-electron chi connectivity index (χ4n) is 2.86. The van der Waals surface area contributed by atoms with Gasteiger partial charge in [0.25, 0.3) is 0 Å². The minimum Gasteiger partial charge on any atom is -0.308 e. The number of unbranched alkanes of at least 4 members (excludes halogenated alkanes) is 2. The number of aryl methyl sites for hydroxylation is 1. The zero-order valence-corrected chi connectivity index (χ0v) is 14.0. The highest BCUT2D eigenvalue weighted by Crippen LogP contribution is 2.23. The van der Waals surface area contributed by atoms with Crippen molar-refractivity contribution >= 4 is 22.6 Å².